The normalized spacial score (nSPS) is 11.4. The average Bonchev–Trinajstić information content (AvgIpc) is 3.15. The quantitative estimate of drug-likeness (QED) is 0.300. The highest BCUT2D eigenvalue weighted by Gasteiger charge is 2.11. The Kier molecular flexibility index (Phi) is 6.72. The summed E-state index contributed by atoms with van der Waals surface area (Å²) in [4.78, 5) is 13.2. The van der Waals surface area contributed by atoms with Gasteiger partial charge in [0.25, 0.3) is 0 Å². The summed E-state index contributed by atoms with van der Waals surface area (Å²) in [6.45, 7) is -0.834. The van der Waals surface area contributed by atoms with Crippen LogP contribution >= 0.6 is 23.5 Å². The second-order valence-corrected chi connectivity index (χ2v) is 8.67. The van der Waals surface area contributed by atoms with Crippen molar-refractivity contribution in [1.82, 2.24) is 15.0 Å². The van der Waals surface area contributed by atoms with E-state index in [2.05, 4.69) is 19.7 Å². The van der Waals surface area contributed by atoms with E-state index in [9.17, 15) is 13.2 Å². The van der Waals surface area contributed by atoms with E-state index in [0.29, 0.717) is 21.9 Å². The van der Waals surface area contributed by atoms with Crippen molar-refractivity contribution in [2.75, 3.05) is 0 Å². The maximum Gasteiger partial charge on any atom is 0.387 e. The second kappa shape index (κ2) is 9.65. The maximum atomic E-state index is 13.1. The monoisotopic (exact) mass is 461 g/mol. The molecule has 0 fully saturated rings. The Morgan fingerprint density at radius 1 is 1.03 bits per heavy atom. The minimum Gasteiger partial charge on any atom is -0.435 e. The molecule has 0 radical (unpaired) electrons. The highest BCUT2D eigenvalue weighted by Crippen LogP contribution is 2.30. The van der Waals surface area contributed by atoms with Gasteiger partial charge in [0.2, 0.25) is 0 Å². The summed E-state index contributed by atoms with van der Waals surface area (Å²) in [7, 11) is 0. The second-order valence-electron chi connectivity index (χ2n) is 6.68. The summed E-state index contributed by atoms with van der Waals surface area (Å²) in [5.74, 6) is 1.20. The van der Waals surface area contributed by atoms with Gasteiger partial charge in [0.05, 0.1) is 16.7 Å². The number of fused-ring (bicyclic) bond motifs is 1. The molecule has 0 aliphatic rings. The standard InChI is InChI=1S/C22H18F3N3OS2/c1-13-19(26-9-8-20(13)30-11-14-2-4-15(23)5-3-14)12-31-22-27-17-7-6-16(29-21(24)25)10-18(17)28-22/h2-10,21H,11-12H2,1H3,(H,27,28). The molecule has 2 aromatic carbocycles. The third-order valence-electron chi connectivity index (χ3n) is 4.57. The molecule has 2 aromatic heterocycles. The predicted molar refractivity (Wildman–Crippen MR) is 117 cm³/mol. The molecule has 31 heavy (non-hydrogen) atoms. The molecule has 4 aromatic rings. The largest absolute Gasteiger partial charge is 0.435 e. The molecule has 0 spiro atoms. The van der Waals surface area contributed by atoms with E-state index in [4.69, 9.17) is 0 Å². The van der Waals surface area contributed by atoms with E-state index in [0.717, 1.165) is 27.5 Å². The van der Waals surface area contributed by atoms with Gasteiger partial charge in [-0.25, -0.2) is 9.37 Å². The fourth-order valence-electron chi connectivity index (χ4n) is 2.95. The number of pyridine rings is 1. The predicted octanol–water partition coefficient (Wildman–Crippen LogP) is 6.59. The summed E-state index contributed by atoms with van der Waals surface area (Å²) in [5.41, 5.74) is 4.39. The van der Waals surface area contributed by atoms with Crippen molar-refractivity contribution < 1.29 is 17.9 Å². The van der Waals surface area contributed by atoms with Crippen molar-refractivity contribution in [3.8, 4) is 5.75 Å². The van der Waals surface area contributed by atoms with Gasteiger partial charge in [-0.3, -0.25) is 4.98 Å². The number of aromatic amines is 1. The van der Waals surface area contributed by atoms with E-state index in [1.165, 1.54) is 36.0 Å². The number of alkyl halides is 2. The first-order valence-corrected chi connectivity index (χ1v) is 11.3. The summed E-state index contributed by atoms with van der Waals surface area (Å²) >= 11 is 3.17. The summed E-state index contributed by atoms with van der Waals surface area (Å²) < 4.78 is 42.3. The molecule has 2 heterocycles. The molecule has 4 nitrogen and oxygen atoms in total. The van der Waals surface area contributed by atoms with Crippen LogP contribution in [0.5, 0.6) is 5.75 Å². The molecule has 0 atom stereocenters. The van der Waals surface area contributed by atoms with Crippen molar-refractivity contribution in [3.05, 3.63) is 77.4 Å². The number of aromatic nitrogens is 3. The number of imidazole rings is 1. The minimum atomic E-state index is -2.86. The van der Waals surface area contributed by atoms with Crippen molar-refractivity contribution in [2.45, 2.75) is 35.1 Å². The zero-order valence-electron chi connectivity index (χ0n) is 16.4. The molecule has 0 saturated carbocycles. The van der Waals surface area contributed by atoms with E-state index < -0.39 is 6.61 Å². The molecular formula is C22H18F3N3OS2. The average molecular weight is 462 g/mol. The van der Waals surface area contributed by atoms with Crippen LogP contribution in [0.3, 0.4) is 0 Å². The molecule has 0 saturated heterocycles. The first-order chi connectivity index (χ1) is 15.0. The molecule has 160 valence electrons. The topological polar surface area (TPSA) is 50.8 Å². The molecule has 4 rings (SSSR count). The van der Waals surface area contributed by atoms with Crippen LogP contribution in [0.15, 0.2) is 64.8 Å². The van der Waals surface area contributed by atoms with Gasteiger partial charge in [0.1, 0.15) is 11.6 Å². The third kappa shape index (κ3) is 5.54. The van der Waals surface area contributed by atoms with Gasteiger partial charge in [0.15, 0.2) is 5.16 Å². The molecular weight excluding hydrogens is 443 g/mol. The number of rotatable bonds is 8. The van der Waals surface area contributed by atoms with Crippen LogP contribution in [-0.4, -0.2) is 21.6 Å². The van der Waals surface area contributed by atoms with Gasteiger partial charge in [-0.05, 0) is 48.4 Å². The van der Waals surface area contributed by atoms with Gasteiger partial charge >= 0.3 is 6.61 Å². The number of hydrogen-bond acceptors (Lipinski definition) is 5. The molecule has 0 aliphatic heterocycles. The third-order valence-corrected chi connectivity index (χ3v) is 6.68. The van der Waals surface area contributed by atoms with E-state index in [1.807, 2.05) is 13.0 Å². The Hall–Kier alpha value is -2.65. The molecule has 0 amide bonds. The molecule has 0 aliphatic carbocycles. The number of halogens is 3. The van der Waals surface area contributed by atoms with E-state index >= 15 is 0 Å². The van der Waals surface area contributed by atoms with Crippen molar-refractivity contribution in [2.24, 2.45) is 0 Å². The van der Waals surface area contributed by atoms with Crippen LogP contribution < -0.4 is 4.74 Å². The van der Waals surface area contributed by atoms with Gasteiger partial charge < -0.3 is 9.72 Å². The highest BCUT2D eigenvalue weighted by atomic mass is 32.2. The molecule has 1 N–H and O–H groups in total. The number of benzene rings is 2. The Balaban J connectivity index is 1.42. The Morgan fingerprint density at radius 3 is 2.61 bits per heavy atom. The summed E-state index contributed by atoms with van der Waals surface area (Å²) in [6, 6.07) is 13.1. The van der Waals surface area contributed by atoms with Crippen LogP contribution in [0.25, 0.3) is 11.0 Å². The molecule has 0 bridgehead atoms. The van der Waals surface area contributed by atoms with Crippen molar-refractivity contribution >= 4 is 34.6 Å². The lowest BCUT2D eigenvalue weighted by Gasteiger charge is -2.09. The smallest absolute Gasteiger partial charge is 0.387 e. The first kappa shape index (κ1) is 21.6. The van der Waals surface area contributed by atoms with Crippen molar-refractivity contribution in [3.63, 3.8) is 0 Å². The highest BCUT2D eigenvalue weighted by molar-refractivity contribution is 7.98. The van der Waals surface area contributed by atoms with Gasteiger partial charge in [-0.2, -0.15) is 8.78 Å². The fourth-order valence-corrected chi connectivity index (χ4v) is 4.86. The van der Waals surface area contributed by atoms with Crippen LogP contribution in [0, 0.1) is 12.7 Å². The lowest BCUT2D eigenvalue weighted by molar-refractivity contribution is -0.0497. The molecule has 9 heteroatoms. The first-order valence-electron chi connectivity index (χ1n) is 9.37. The number of nitrogens with zero attached hydrogens (tertiary/aromatic N) is 2. The van der Waals surface area contributed by atoms with Crippen LogP contribution in [-0.2, 0) is 11.5 Å². The zero-order valence-corrected chi connectivity index (χ0v) is 18.1. The lowest BCUT2D eigenvalue weighted by Crippen LogP contribution is -2.01. The minimum absolute atomic E-state index is 0.0890. The summed E-state index contributed by atoms with van der Waals surface area (Å²) in [6.07, 6.45) is 1.78. The number of hydrogen-bond donors (Lipinski definition) is 1. The van der Waals surface area contributed by atoms with E-state index in [1.54, 1.807) is 36.2 Å². The Bertz CT molecular complexity index is 1180. The van der Waals surface area contributed by atoms with Gasteiger partial charge in [0, 0.05) is 28.7 Å². The maximum absolute atomic E-state index is 13.1. The van der Waals surface area contributed by atoms with Crippen LogP contribution in [0.1, 0.15) is 16.8 Å². The number of nitrogens with one attached hydrogen (secondary N) is 1. The lowest BCUT2D eigenvalue weighted by atomic mass is 10.2. The zero-order chi connectivity index (χ0) is 21.8. The van der Waals surface area contributed by atoms with Gasteiger partial charge in [-0.15, -0.1) is 11.8 Å². The van der Waals surface area contributed by atoms with Gasteiger partial charge in [-0.1, -0.05) is 23.9 Å². The Labute approximate surface area is 185 Å². The number of ether oxygens (including phenoxy) is 1. The summed E-state index contributed by atoms with van der Waals surface area (Å²) in [5, 5.41) is 0.676. The van der Waals surface area contributed by atoms with Crippen molar-refractivity contribution in [1.29, 1.82) is 0 Å². The SMILES string of the molecule is Cc1c(SCc2ccc(F)cc2)ccnc1CSc1nc2ccc(OC(F)F)cc2[nH]1. The number of thioether (sulfide) groups is 2. The van der Waals surface area contributed by atoms with Crippen LogP contribution in [0.4, 0.5) is 13.2 Å². The number of H-pyrrole nitrogens is 1. The van der Waals surface area contributed by atoms with E-state index in [-0.39, 0.29) is 11.6 Å². The fraction of sp³-hybridized carbons (Fsp3) is 0.182. The Morgan fingerprint density at radius 2 is 1.84 bits per heavy atom. The molecule has 0 unspecified atom stereocenters. The van der Waals surface area contributed by atoms with Crippen LogP contribution in [0.2, 0.25) is 0 Å².